The van der Waals surface area contributed by atoms with Gasteiger partial charge in [0.2, 0.25) is 5.91 Å². The van der Waals surface area contributed by atoms with Gasteiger partial charge in [0.05, 0.1) is 30.1 Å². The topological polar surface area (TPSA) is 117 Å². The minimum Gasteiger partial charge on any atom is -0.494 e. The molecule has 1 amide bonds. The normalized spacial score (nSPS) is 16.6. The van der Waals surface area contributed by atoms with Gasteiger partial charge in [0.15, 0.2) is 5.11 Å². The van der Waals surface area contributed by atoms with E-state index >= 15 is 0 Å². The first kappa shape index (κ1) is 25.9. The highest BCUT2D eigenvalue weighted by molar-refractivity contribution is 7.80. The molecule has 5 rings (SSSR count). The number of aromatic nitrogens is 1. The molecule has 1 aliphatic rings. The van der Waals surface area contributed by atoms with Crippen LogP contribution in [0.1, 0.15) is 47.2 Å². The first-order valence-corrected chi connectivity index (χ1v) is 12.7. The fraction of sp³-hybridized carbons (Fsp3) is 0.172. The number of nitrogens with zero attached hydrogens (tertiary/aromatic N) is 2. The van der Waals surface area contributed by atoms with Gasteiger partial charge in [-0.3, -0.25) is 9.78 Å². The molecular weight excluding hydrogens is 516 g/mol. The summed E-state index contributed by atoms with van der Waals surface area (Å²) in [6.45, 7) is 1.78. The van der Waals surface area contributed by atoms with E-state index in [1.807, 2.05) is 47.4 Å². The van der Waals surface area contributed by atoms with Gasteiger partial charge in [-0.25, -0.2) is 4.79 Å². The molecule has 198 valence electrons. The zero-order chi connectivity index (χ0) is 27.5. The van der Waals surface area contributed by atoms with E-state index in [2.05, 4.69) is 15.6 Å². The Kier molecular flexibility index (Phi) is 7.29. The lowest BCUT2D eigenvalue weighted by Gasteiger charge is -2.27. The van der Waals surface area contributed by atoms with Crippen molar-refractivity contribution in [2.24, 2.45) is 0 Å². The Labute approximate surface area is 230 Å². The van der Waals surface area contributed by atoms with Crippen molar-refractivity contribution in [2.45, 2.75) is 25.4 Å². The van der Waals surface area contributed by atoms with Gasteiger partial charge in [-0.05, 0) is 60.7 Å². The van der Waals surface area contributed by atoms with Crippen LogP contribution in [0.4, 0.5) is 11.4 Å². The molecule has 0 bridgehead atoms. The van der Waals surface area contributed by atoms with Crippen molar-refractivity contribution >= 4 is 40.6 Å². The number of carboxylic acids is 1. The van der Waals surface area contributed by atoms with Gasteiger partial charge in [0, 0.05) is 29.9 Å². The van der Waals surface area contributed by atoms with Gasteiger partial charge in [-0.1, -0.05) is 25.1 Å². The SMILES string of the molecule is CCC(=O)Nc1ccc(N2C(=S)NC(c3ccccn3)C2c2ccc(-c3ccc(C(=O)O)cc3)o2)cc1OC. The summed E-state index contributed by atoms with van der Waals surface area (Å²) < 4.78 is 11.9. The maximum absolute atomic E-state index is 12.0. The molecule has 39 heavy (non-hydrogen) atoms. The predicted molar refractivity (Wildman–Crippen MR) is 151 cm³/mol. The highest BCUT2D eigenvalue weighted by Gasteiger charge is 2.42. The van der Waals surface area contributed by atoms with Gasteiger partial charge in [0.25, 0.3) is 0 Å². The maximum atomic E-state index is 12.0. The molecule has 9 nitrogen and oxygen atoms in total. The number of amides is 1. The van der Waals surface area contributed by atoms with Crippen molar-refractivity contribution < 1.29 is 23.8 Å². The van der Waals surface area contributed by atoms with E-state index in [0.717, 1.165) is 16.9 Å². The molecule has 2 unspecified atom stereocenters. The number of hydrogen-bond donors (Lipinski definition) is 3. The van der Waals surface area contributed by atoms with Crippen molar-refractivity contribution in [2.75, 3.05) is 17.3 Å². The molecule has 3 heterocycles. The zero-order valence-electron chi connectivity index (χ0n) is 21.3. The second kappa shape index (κ2) is 11.0. The number of pyridine rings is 1. The maximum Gasteiger partial charge on any atom is 0.335 e. The summed E-state index contributed by atoms with van der Waals surface area (Å²) in [5, 5.41) is 15.9. The molecule has 4 aromatic rings. The number of furan rings is 1. The summed E-state index contributed by atoms with van der Waals surface area (Å²) in [5.41, 5.74) is 3.04. The van der Waals surface area contributed by atoms with Crippen LogP contribution in [0.15, 0.2) is 83.4 Å². The third-order valence-electron chi connectivity index (χ3n) is 6.49. The molecule has 2 aromatic carbocycles. The Hall–Kier alpha value is -4.70. The van der Waals surface area contributed by atoms with Gasteiger partial charge in [0.1, 0.15) is 23.3 Å². The highest BCUT2D eigenvalue weighted by Crippen LogP contribution is 2.44. The Morgan fingerprint density at radius 1 is 1.13 bits per heavy atom. The highest BCUT2D eigenvalue weighted by atomic mass is 32.1. The summed E-state index contributed by atoms with van der Waals surface area (Å²) in [4.78, 5) is 29.7. The van der Waals surface area contributed by atoms with Gasteiger partial charge < -0.3 is 29.8 Å². The number of anilines is 2. The number of hydrogen-bond acceptors (Lipinski definition) is 6. The van der Waals surface area contributed by atoms with Crippen LogP contribution in [0.5, 0.6) is 5.75 Å². The van der Waals surface area contributed by atoms with E-state index < -0.39 is 12.0 Å². The Balaban J connectivity index is 1.55. The number of carboxylic acid groups (broad SMARTS) is 1. The summed E-state index contributed by atoms with van der Waals surface area (Å²) in [7, 11) is 1.55. The summed E-state index contributed by atoms with van der Waals surface area (Å²) >= 11 is 5.80. The number of carbonyl (C=O) groups excluding carboxylic acids is 1. The van der Waals surface area contributed by atoms with Crippen molar-refractivity contribution in [1.29, 1.82) is 0 Å². The number of ether oxygens (including phenoxy) is 1. The molecule has 0 spiro atoms. The van der Waals surface area contributed by atoms with Crippen LogP contribution in [-0.2, 0) is 4.79 Å². The molecule has 1 saturated heterocycles. The van der Waals surface area contributed by atoms with Crippen LogP contribution in [0.25, 0.3) is 11.3 Å². The van der Waals surface area contributed by atoms with Gasteiger partial charge >= 0.3 is 5.97 Å². The molecule has 3 N–H and O–H groups in total. The van der Waals surface area contributed by atoms with Crippen molar-refractivity contribution in [3.8, 4) is 17.1 Å². The third kappa shape index (κ3) is 5.19. The first-order chi connectivity index (χ1) is 18.9. The van der Waals surface area contributed by atoms with Gasteiger partial charge in [-0.15, -0.1) is 0 Å². The average Bonchev–Trinajstić information content (AvgIpc) is 3.58. The minimum absolute atomic E-state index is 0.119. The largest absolute Gasteiger partial charge is 0.494 e. The molecule has 10 heteroatoms. The quantitative estimate of drug-likeness (QED) is 0.246. The molecule has 2 aromatic heterocycles. The number of methoxy groups -OCH3 is 1. The van der Waals surface area contributed by atoms with Crippen LogP contribution >= 0.6 is 12.2 Å². The fourth-order valence-electron chi connectivity index (χ4n) is 4.54. The monoisotopic (exact) mass is 542 g/mol. The average molecular weight is 543 g/mol. The lowest BCUT2D eigenvalue weighted by molar-refractivity contribution is -0.115. The van der Waals surface area contributed by atoms with Crippen molar-refractivity contribution in [3.63, 3.8) is 0 Å². The lowest BCUT2D eigenvalue weighted by atomic mass is 10.0. The van der Waals surface area contributed by atoms with E-state index in [9.17, 15) is 14.7 Å². The second-order valence-corrected chi connectivity index (χ2v) is 9.25. The lowest BCUT2D eigenvalue weighted by Crippen LogP contribution is -2.29. The summed E-state index contributed by atoms with van der Waals surface area (Å²) in [5.74, 6) is 0.618. The van der Waals surface area contributed by atoms with Crippen LogP contribution in [0.3, 0.4) is 0 Å². The fourth-order valence-corrected chi connectivity index (χ4v) is 4.88. The molecule has 0 aliphatic carbocycles. The van der Waals surface area contributed by atoms with E-state index in [4.69, 9.17) is 21.4 Å². The minimum atomic E-state index is -0.989. The molecule has 1 fully saturated rings. The first-order valence-electron chi connectivity index (χ1n) is 12.3. The molecular formula is C29H26N4O5S. The van der Waals surface area contributed by atoms with Crippen molar-refractivity contribution in [3.05, 3.63) is 96.0 Å². The number of rotatable bonds is 8. The van der Waals surface area contributed by atoms with Crippen LogP contribution in [-0.4, -0.2) is 34.2 Å². The Morgan fingerprint density at radius 2 is 1.92 bits per heavy atom. The third-order valence-corrected chi connectivity index (χ3v) is 6.81. The molecule has 0 saturated carbocycles. The number of nitrogens with one attached hydrogen (secondary N) is 2. The predicted octanol–water partition coefficient (Wildman–Crippen LogP) is 5.57. The Morgan fingerprint density at radius 3 is 2.59 bits per heavy atom. The second-order valence-electron chi connectivity index (χ2n) is 8.87. The number of benzene rings is 2. The number of aromatic carboxylic acids is 1. The standard InChI is InChI=1S/C29H26N4O5S/c1-3-25(34)31-20-12-11-19(16-24(20)37-2)33-27(26(32-29(33)39)21-6-4-5-15-30-21)23-14-13-22(38-23)17-7-9-18(10-8-17)28(35)36/h4-16,26-27H,3H2,1-2H3,(H,31,34)(H,32,39)(H,35,36). The van der Waals surface area contributed by atoms with E-state index in [1.165, 1.54) is 0 Å². The molecule has 2 atom stereocenters. The van der Waals surface area contributed by atoms with E-state index in [-0.39, 0.29) is 17.5 Å². The Bertz CT molecular complexity index is 1520. The summed E-state index contributed by atoms with van der Waals surface area (Å²) in [6, 6.07) is 20.7. The van der Waals surface area contributed by atoms with Crippen LogP contribution in [0, 0.1) is 0 Å². The molecule has 0 radical (unpaired) electrons. The smallest absolute Gasteiger partial charge is 0.335 e. The zero-order valence-corrected chi connectivity index (χ0v) is 22.1. The van der Waals surface area contributed by atoms with Crippen molar-refractivity contribution in [1.82, 2.24) is 10.3 Å². The van der Waals surface area contributed by atoms with E-state index in [1.54, 1.807) is 50.6 Å². The van der Waals surface area contributed by atoms with Gasteiger partial charge in [-0.2, -0.15) is 0 Å². The number of thiocarbonyl (C=S) groups is 1. The van der Waals surface area contributed by atoms with Crippen LogP contribution < -0.4 is 20.3 Å². The number of carbonyl (C=O) groups is 2. The summed E-state index contributed by atoms with van der Waals surface area (Å²) in [6.07, 6.45) is 2.07. The molecule has 1 aliphatic heterocycles. The van der Waals surface area contributed by atoms with E-state index in [0.29, 0.717) is 34.5 Å². The van der Waals surface area contributed by atoms with Crippen LogP contribution in [0.2, 0.25) is 0 Å².